The number of amides is 1. The molecular weight excluding hydrogens is 506 g/mol. The maximum Gasteiger partial charge on any atom is 0.246 e. The number of nitrogens with one attached hydrogen (secondary N) is 1. The number of benzene rings is 1. The Hall–Kier alpha value is -5.06. The number of aryl methyl sites for hydroxylation is 1. The minimum Gasteiger partial charge on any atom is -0.457 e. The Morgan fingerprint density at radius 3 is 2.70 bits per heavy atom. The molecule has 2 fully saturated rings. The minimum absolute atomic E-state index is 0.00832. The van der Waals surface area contributed by atoms with Crippen molar-refractivity contribution >= 4 is 39.9 Å². The van der Waals surface area contributed by atoms with Crippen molar-refractivity contribution in [2.45, 2.75) is 31.8 Å². The third kappa shape index (κ3) is 4.25. The van der Waals surface area contributed by atoms with Crippen molar-refractivity contribution < 1.29 is 9.53 Å². The number of piperazine rings is 1. The predicted molar refractivity (Wildman–Crippen MR) is 151 cm³/mol. The highest BCUT2D eigenvalue weighted by Gasteiger charge is 2.41. The molecule has 0 spiro atoms. The maximum absolute atomic E-state index is 12.2. The van der Waals surface area contributed by atoms with E-state index in [1.165, 1.54) is 12.4 Å². The number of hydrogen-bond acceptors (Lipinski definition) is 9. The van der Waals surface area contributed by atoms with Gasteiger partial charge in [0.1, 0.15) is 35.5 Å². The molecule has 2 saturated heterocycles. The number of aromatic nitrogens is 6. The first kappa shape index (κ1) is 24.0. The Labute approximate surface area is 230 Å². The zero-order valence-electron chi connectivity index (χ0n) is 21.9. The number of rotatable bonds is 6. The molecule has 0 aliphatic carbocycles. The first-order chi connectivity index (χ1) is 19.6. The quantitative estimate of drug-likeness (QED) is 0.320. The van der Waals surface area contributed by atoms with Crippen LogP contribution >= 0.6 is 0 Å². The Morgan fingerprint density at radius 2 is 1.90 bits per heavy atom. The number of carbonyl (C=O) groups is 1. The summed E-state index contributed by atoms with van der Waals surface area (Å²) in [7, 11) is 0. The van der Waals surface area contributed by atoms with Gasteiger partial charge in [0.2, 0.25) is 5.91 Å². The van der Waals surface area contributed by atoms with Crippen LogP contribution in [0.25, 0.3) is 16.7 Å². The summed E-state index contributed by atoms with van der Waals surface area (Å²) in [6, 6.07) is 14.1. The SMILES string of the molecule is C=CC(=O)N1CC2CCC(C1)N2c1ccc2ncnc(Nc3ccc(Oc4ccn5ncnc5c4)c(C)c3)c2n1. The number of likely N-dealkylation sites (tertiary alicyclic amines) is 1. The van der Waals surface area contributed by atoms with Crippen LogP contribution in [0, 0.1) is 6.92 Å². The molecule has 11 heteroatoms. The standard InChI is InChI=1S/C29H27N9O2/c1-3-27(39)36-14-20-5-6-21(15-36)38(20)25-9-7-23-28(35-25)29(32-16-30-23)34-19-4-8-24(18(2)12-19)40-22-10-11-37-26(13-22)31-17-33-37/h3-4,7-13,16-17,20-21H,1,5-6,14-15H2,2H3,(H,30,32,34). The molecule has 2 bridgehead atoms. The lowest BCUT2D eigenvalue weighted by molar-refractivity contribution is -0.126. The van der Waals surface area contributed by atoms with Crippen LogP contribution in [0.15, 0.2) is 74.0 Å². The highest BCUT2D eigenvalue weighted by atomic mass is 16.5. The molecule has 40 heavy (non-hydrogen) atoms. The van der Waals surface area contributed by atoms with Crippen LogP contribution in [0.3, 0.4) is 0 Å². The van der Waals surface area contributed by atoms with E-state index in [0.29, 0.717) is 30.2 Å². The van der Waals surface area contributed by atoms with E-state index in [1.54, 1.807) is 10.8 Å². The van der Waals surface area contributed by atoms with Crippen LogP contribution in [0.2, 0.25) is 0 Å². The topological polar surface area (TPSA) is 114 Å². The summed E-state index contributed by atoms with van der Waals surface area (Å²) in [6.07, 6.45) is 8.33. The summed E-state index contributed by atoms with van der Waals surface area (Å²) in [5.41, 5.74) is 4.00. The molecule has 2 unspecified atom stereocenters. The van der Waals surface area contributed by atoms with Gasteiger partial charge in [0.25, 0.3) is 0 Å². The van der Waals surface area contributed by atoms with Crippen LogP contribution < -0.4 is 15.0 Å². The van der Waals surface area contributed by atoms with Crippen LogP contribution in [0.5, 0.6) is 11.5 Å². The van der Waals surface area contributed by atoms with E-state index in [1.807, 2.05) is 60.5 Å². The average molecular weight is 534 g/mol. The Morgan fingerprint density at radius 1 is 1.05 bits per heavy atom. The number of nitrogens with zero attached hydrogens (tertiary/aromatic N) is 8. The molecule has 1 aromatic carbocycles. The van der Waals surface area contributed by atoms with Crippen molar-refractivity contribution in [3.63, 3.8) is 0 Å². The van der Waals surface area contributed by atoms with Gasteiger partial charge in [0.15, 0.2) is 11.5 Å². The molecular formula is C29H27N9O2. The zero-order chi connectivity index (χ0) is 27.2. The smallest absolute Gasteiger partial charge is 0.246 e. The minimum atomic E-state index is -0.00832. The Kier molecular flexibility index (Phi) is 5.76. The molecule has 2 aliphatic heterocycles. The lowest BCUT2D eigenvalue weighted by Gasteiger charge is -2.41. The second-order valence-electron chi connectivity index (χ2n) is 10.1. The van der Waals surface area contributed by atoms with Gasteiger partial charge in [0.05, 0.1) is 5.52 Å². The van der Waals surface area contributed by atoms with E-state index in [0.717, 1.165) is 46.8 Å². The van der Waals surface area contributed by atoms with E-state index in [-0.39, 0.29) is 18.0 Å². The van der Waals surface area contributed by atoms with Gasteiger partial charge in [-0.15, -0.1) is 0 Å². The van der Waals surface area contributed by atoms with Crippen molar-refractivity contribution in [1.82, 2.24) is 34.4 Å². The third-order valence-electron chi connectivity index (χ3n) is 7.62. The maximum atomic E-state index is 12.2. The molecule has 6 heterocycles. The Balaban J connectivity index is 1.13. The first-order valence-electron chi connectivity index (χ1n) is 13.2. The summed E-state index contributed by atoms with van der Waals surface area (Å²) in [6.45, 7) is 7.00. The van der Waals surface area contributed by atoms with Crippen LogP contribution in [0.4, 0.5) is 17.3 Å². The number of ether oxygens (including phenoxy) is 1. The number of anilines is 3. The zero-order valence-corrected chi connectivity index (χ0v) is 21.9. The number of fused-ring (bicyclic) bond motifs is 4. The molecule has 200 valence electrons. The lowest BCUT2D eigenvalue weighted by atomic mass is 10.1. The van der Waals surface area contributed by atoms with E-state index < -0.39 is 0 Å². The number of carbonyl (C=O) groups excluding carboxylic acids is 1. The fourth-order valence-corrected chi connectivity index (χ4v) is 5.72. The van der Waals surface area contributed by atoms with Gasteiger partial charge in [-0.25, -0.2) is 24.5 Å². The van der Waals surface area contributed by atoms with Crippen LogP contribution in [0.1, 0.15) is 18.4 Å². The van der Waals surface area contributed by atoms with Gasteiger partial charge in [-0.1, -0.05) is 6.58 Å². The van der Waals surface area contributed by atoms with Crippen LogP contribution in [-0.2, 0) is 4.79 Å². The fourth-order valence-electron chi connectivity index (χ4n) is 5.72. The second-order valence-corrected chi connectivity index (χ2v) is 10.1. The molecule has 1 N–H and O–H groups in total. The van der Waals surface area contributed by atoms with E-state index in [4.69, 9.17) is 9.72 Å². The molecule has 5 aromatic rings. The molecule has 0 saturated carbocycles. The summed E-state index contributed by atoms with van der Waals surface area (Å²) in [4.78, 5) is 34.7. The van der Waals surface area contributed by atoms with Crippen molar-refractivity contribution in [1.29, 1.82) is 0 Å². The summed E-state index contributed by atoms with van der Waals surface area (Å²) in [5.74, 6) is 2.93. The molecule has 7 rings (SSSR count). The third-order valence-corrected chi connectivity index (χ3v) is 7.62. The Bertz CT molecular complexity index is 1750. The average Bonchev–Trinajstić information content (AvgIpc) is 3.54. The molecule has 2 atom stereocenters. The number of pyridine rings is 2. The fraction of sp³-hybridized carbons (Fsp3) is 0.241. The van der Waals surface area contributed by atoms with Gasteiger partial charge >= 0.3 is 0 Å². The van der Waals surface area contributed by atoms with Crippen molar-refractivity contribution in [2.24, 2.45) is 0 Å². The van der Waals surface area contributed by atoms with Gasteiger partial charge in [-0.3, -0.25) is 4.79 Å². The van der Waals surface area contributed by atoms with Gasteiger partial charge < -0.3 is 19.9 Å². The largest absolute Gasteiger partial charge is 0.457 e. The monoisotopic (exact) mass is 533 g/mol. The van der Waals surface area contributed by atoms with Gasteiger partial charge in [-0.2, -0.15) is 5.10 Å². The highest BCUT2D eigenvalue weighted by Crippen LogP contribution is 2.36. The van der Waals surface area contributed by atoms with Crippen LogP contribution in [-0.4, -0.2) is 65.5 Å². The molecule has 0 radical (unpaired) electrons. The normalized spacial score (nSPS) is 18.3. The second kappa shape index (κ2) is 9.60. The summed E-state index contributed by atoms with van der Waals surface area (Å²) < 4.78 is 7.81. The van der Waals surface area contributed by atoms with E-state index in [2.05, 4.69) is 36.8 Å². The molecule has 4 aromatic heterocycles. The predicted octanol–water partition coefficient (Wildman–Crippen LogP) is 4.28. The van der Waals surface area contributed by atoms with E-state index in [9.17, 15) is 4.79 Å². The van der Waals surface area contributed by atoms with Gasteiger partial charge in [-0.05, 0) is 67.8 Å². The highest BCUT2D eigenvalue weighted by molar-refractivity contribution is 5.89. The summed E-state index contributed by atoms with van der Waals surface area (Å²) in [5, 5.41) is 7.54. The van der Waals surface area contributed by atoms with Crippen molar-refractivity contribution in [3.8, 4) is 11.5 Å². The first-order valence-corrected chi connectivity index (χ1v) is 13.2. The number of hydrogen-bond donors (Lipinski definition) is 1. The molecule has 11 nitrogen and oxygen atoms in total. The molecule has 1 amide bonds. The van der Waals surface area contributed by atoms with Gasteiger partial charge in [0, 0.05) is 43.1 Å². The van der Waals surface area contributed by atoms with E-state index >= 15 is 0 Å². The van der Waals surface area contributed by atoms with Crippen molar-refractivity contribution in [3.05, 3.63) is 79.5 Å². The lowest BCUT2D eigenvalue weighted by Crippen LogP contribution is -2.55. The molecule has 2 aliphatic rings. The summed E-state index contributed by atoms with van der Waals surface area (Å²) >= 11 is 0. The van der Waals surface area contributed by atoms with Crippen molar-refractivity contribution in [2.75, 3.05) is 23.3 Å².